The molecule has 12 heteroatoms. The van der Waals surface area contributed by atoms with Crippen LogP contribution < -0.4 is 14.4 Å². The number of para-hydroxylation sites is 1. The number of hydrogen-bond donors (Lipinski definition) is 2. The van der Waals surface area contributed by atoms with Crippen molar-refractivity contribution in [3.63, 3.8) is 0 Å². The fourth-order valence-corrected chi connectivity index (χ4v) is 4.31. The summed E-state index contributed by atoms with van der Waals surface area (Å²) in [4.78, 5) is 1.08. The number of rotatable bonds is 6. The van der Waals surface area contributed by atoms with E-state index in [2.05, 4.69) is 4.74 Å². The van der Waals surface area contributed by atoms with E-state index in [0.717, 1.165) is 43.8 Å². The van der Waals surface area contributed by atoms with Crippen molar-refractivity contribution in [2.24, 2.45) is 0 Å². The van der Waals surface area contributed by atoms with Gasteiger partial charge in [0.15, 0.2) is 6.23 Å². The second-order valence-electron chi connectivity index (χ2n) is 6.85. The summed E-state index contributed by atoms with van der Waals surface area (Å²) in [5.41, 5.74) is 0.682. The highest BCUT2D eigenvalue weighted by molar-refractivity contribution is 7.89. The van der Waals surface area contributed by atoms with Gasteiger partial charge in [0.05, 0.1) is 5.39 Å². The van der Waals surface area contributed by atoms with Crippen molar-refractivity contribution >= 4 is 26.7 Å². The fraction of sp³-hybridized carbons (Fsp3) is 0.263. The van der Waals surface area contributed by atoms with Crippen molar-refractivity contribution < 1.29 is 40.2 Å². The van der Waals surface area contributed by atoms with E-state index in [9.17, 15) is 31.1 Å². The highest BCUT2D eigenvalue weighted by Gasteiger charge is 2.34. The van der Waals surface area contributed by atoms with Gasteiger partial charge in [0, 0.05) is 24.8 Å². The van der Waals surface area contributed by atoms with Gasteiger partial charge in [-0.1, -0.05) is 12.1 Å². The number of hydrogen-bond acceptors (Lipinski definition) is 6. The molecule has 2 aromatic carbocycles. The number of halogens is 4. The van der Waals surface area contributed by atoms with Crippen LogP contribution in [0.4, 0.5) is 23.2 Å². The van der Waals surface area contributed by atoms with Gasteiger partial charge in [-0.15, -0.1) is 13.2 Å². The maximum atomic E-state index is 14.4. The van der Waals surface area contributed by atoms with Gasteiger partial charge in [-0.05, 0) is 30.7 Å². The third-order valence-corrected chi connectivity index (χ3v) is 6.16. The lowest BCUT2D eigenvalue weighted by Crippen LogP contribution is -2.36. The van der Waals surface area contributed by atoms with Crippen LogP contribution in [0.2, 0.25) is 0 Å². The number of aliphatic hydroxyl groups is 1. The third kappa shape index (κ3) is 4.45. The van der Waals surface area contributed by atoms with Crippen LogP contribution in [0.15, 0.2) is 51.8 Å². The lowest BCUT2D eigenvalue weighted by atomic mass is 10.1. The molecule has 0 saturated carbocycles. The smallest absolute Gasteiger partial charge is 0.457 e. The molecule has 0 bridgehead atoms. The number of ether oxygens (including phenoxy) is 1. The number of nitrogens with one attached hydrogen (secondary N) is 1. The Morgan fingerprint density at radius 2 is 1.87 bits per heavy atom. The SMILES string of the molecule is O=S(=O)(NC(O)c1cc2c(F)cc(N3CCC3)cc2o1)c1ccccc1OC(F)(F)F. The normalized spacial score (nSPS) is 15.7. The Morgan fingerprint density at radius 3 is 2.52 bits per heavy atom. The molecule has 1 saturated heterocycles. The van der Waals surface area contributed by atoms with Crippen LogP contribution in [0.3, 0.4) is 0 Å². The van der Waals surface area contributed by atoms with Crippen LogP contribution in [-0.2, 0) is 10.0 Å². The molecule has 3 aromatic rings. The van der Waals surface area contributed by atoms with E-state index in [1.54, 1.807) is 6.07 Å². The Hall–Kier alpha value is -2.83. The standard InChI is InChI=1S/C19H16F4N2O5S/c20-13-8-11(25-6-3-7-25)9-15-12(13)10-16(29-15)18(26)24-31(27,28)17-5-2-1-4-14(17)30-19(21,22)23/h1-2,4-5,8-10,18,24,26H,3,6-7H2. The number of fused-ring (bicyclic) bond motifs is 1. The minimum Gasteiger partial charge on any atom is -0.457 e. The predicted molar refractivity (Wildman–Crippen MR) is 101 cm³/mol. The molecule has 0 aliphatic carbocycles. The van der Waals surface area contributed by atoms with E-state index < -0.39 is 39.1 Å². The molecule has 0 spiro atoms. The lowest BCUT2D eigenvalue weighted by Gasteiger charge is -2.33. The van der Waals surface area contributed by atoms with E-state index >= 15 is 0 Å². The number of aliphatic hydroxyl groups excluding tert-OH is 1. The maximum absolute atomic E-state index is 14.4. The van der Waals surface area contributed by atoms with Gasteiger partial charge in [-0.3, -0.25) is 0 Å². The molecule has 1 aliphatic heterocycles. The zero-order valence-electron chi connectivity index (χ0n) is 15.7. The van der Waals surface area contributed by atoms with Crippen LogP contribution in [0.25, 0.3) is 11.0 Å². The van der Waals surface area contributed by atoms with Gasteiger partial charge in [-0.2, -0.15) is 4.72 Å². The molecule has 31 heavy (non-hydrogen) atoms. The molecule has 2 heterocycles. The molecule has 7 nitrogen and oxygen atoms in total. The van der Waals surface area contributed by atoms with E-state index in [1.807, 2.05) is 9.62 Å². The fourth-order valence-electron chi connectivity index (χ4n) is 3.14. The average Bonchev–Trinajstić information content (AvgIpc) is 3.04. The number of furan rings is 1. The lowest BCUT2D eigenvalue weighted by molar-refractivity contribution is -0.275. The maximum Gasteiger partial charge on any atom is 0.573 e. The summed E-state index contributed by atoms with van der Waals surface area (Å²) in [5, 5.41) is 10.3. The number of sulfonamides is 1. The molecule has 1 aliphatic rings. The zero-order chi connectivity index (χ0) is 22.4. The van der Waals surface area contributed by atoms with Crippen LogP contribution in [0.5, 0.6) is 5.75 Å². The summed E-state index contributed by atoms with van der Waals surface area (Å²) < 4.78 is 88.2. The Morgan fingerprint density at radius 1 is 1.16 bits per heavy atom. The van der Waals surface area contributed by atoms with Crippen molar-refractivity contribution in [1.82, 2.24) is 4.72 Å². The third-order valence-electron chi connectivity index (χ3n) is 4.71. The number of nitrogens with zero attached hydrogens (tertiary/aromatic N) is 1. The Balaban J connectivity index is 1.61. The van der Waals surface area contributed by atoms with Crippen molar-refractivity contribution in [3.05, 3.63) is 54.0 Å². The molecule has 0 amide bonds. The molecule has 166 valence electrons. The second-order valence-corrected chi connectivity index (χ2v) is 8.53. The summed E-state index contributed by atoms with van der Waals surface area (Å²) in [7, 11) is -4.66. The van der Waals surface area contributed by atoms with Crippen molar-refractivity contribution in [2.75, 3.05) is 18.0 Å². The highest BCUT2D eigenvalue weighted by Crippen LogP contribution is 2.33. The van der Waals surface area contributed by atoms with Gasteiger partial charge < -0.3 is 19.2 Å². The van der Waals surface area contributed by atoms with Crippen molar-refractivity contribution in [3.8, 4) is 5.75 Å². The van der Waals surface area contributed by atoms with E-state index in [4.69, 9.17) is 4.42 Å². The first-order chi connectivity index (χ1) is 14.5. The summed E-state index contributed by atoms with van der Waals surface area (Å²) in [6.45, 7) is 1.53. The van der Waals surface area contributed by atoms with Gasteiger partial charge in [0.25, 0.3) is 0 Å². The first-order valence-electron chi connectivity index (χ1n) is 9.07. The Kier molecular flexibility index (Phi) is 5.31. The Labute approximate surface area is 173 Å². The topological polar surface area (TPSA) is 92.0 Å². The van der Waals surface area contributed by atoms with E-state index in [-0.39, 0.29) is 16.7 Å². The molecule has 2 N–H and O–H groups in total. The van der Waals surface area contributed by atoms with Crippen LogP contribution in [0, 0.1) is 5.82 Å². The molecule has 4 rings (SSSR count). The van der Waals surface area contributed by atoms with Gasteiger partial charge in [0.2, 0.25) is 10.0 Å². The first-order valence-corrected chi connectivity index (χ1v) is 10.5. The van der Waals surface area contributed by atoms with E-state index in [0.29, 0.717) is 5.69 Å². The van der Waals surface area contributed by atoms with Gasteiger partial charge in [0.1, 0.15) is 27.8 Å². The molecule has 1 unspecified atom stereocenters. The van der Waals surface area contributed by atoms with Crippen LogP contribution >= 0.6 is 0 Å². The molecule has 1 fully saturated rings. The summed E-state index contributed by atoms with van der Waals surface area (Å²) in [6.07, 6.45) is -6.12. The van der Waals surface area contributed by atoms with Gasteiger partial charge in [-0.25, -0.2) is 12.8 Å². The molecular weight excluding hydrogens is 444 g/mol. The summed E-state index contributed by atoms with van der Waals surface area (Å²) in [6, 6.07) is 8.05. The van der Waals surface area contributed by atoms with Crippen LogP contribution in [0.1, 0.15) is 18.4 Å². The highest BCUT2D eigenvalue weighted by atomic mass is 32.2. The quantitative estimate of drug-likeness (QED) is 0.431. The largest absolute Gasteiger partial charge is 0.573 e. The minimum absolute atomic E-state index is 0.0262. The van der Waals surface area contributed by atoms with Crippen molar-refractivity contribution in [1.29, 1.82) is 0 Å². The predicted octanol–water partition coefficient (Wildman–Crippen LogP) is 3.65. The minimum atomic E-state index is -5.12. The monoisotopic (exact) mass is 460 g/mol. The van der Waals surface area contributed by atoms with Crippen LogP contribution in [-0.4, -0.2) is 33.0 Å². The van der Waals surface area contributed by atoms with Gasteiger partial charge >= 0.3 is 6.36 Å². The molecule has 0 radical (unpaired) electrons. The molecule has 1 atom stereocenters. The molecule has 1 aromatic heterocycles. The second kappa shape index (κ2) is 7.70. The summed E-state index contributed by atoms with van der Waals surface area (Å²) in [5.74, 6) is -1.91. The number of anilines is 1. The van der Waals surface area contributed by atoms with Crippen molar-refractivity contribution in [2.45, 2.75) is 23.9 Å². The number of alkyl halides is 3. The molecular formula is C19H16F4N2O5S. The first kappa shape index (κ1) is 21.4. The number of benzene rings is 2. The zero-order valence-corrected chi connectivity index (χ0v) is 16.5. The summed E-state index contributed by atoms with van der Waals surface area (Å²) >= 11 is 0. The average molecular weight is 460 g/mol. The Bertz CT molecular complexity index is 1220. The van der Waals surface area contributed by atoms with E-state index in [1.165, 1.54) is 12.1 Å².